The second-order valence-corrected chi connectivity index (χ2v) is 6.65. The number of carbonyl (C=O) groups excluding carboxylic acids is 1. The summed E-state index contributed by atoms with van der Waals surface area (Å²) in [5, 5.41) is 0. The van der Waals surface area contributed by atoms with Gasteiger partial charge in [-0.15, -0.1) is 0 Å². The fraction of sp³-hybridized carbons (Fsp3) is 0.625. The summed E-state index contributed by atoms with van der Waals surface area (Å²) in [6.07, 6.45) is 1.10. The van der Waals surface area contributed by atoms with Gasteiger partial charge in [-0.25, -0.2) is 4.79 Å². The third-order valence-corrected chi connectivity index (χ3v) is 3.65. The number of hydrogen-bond acceptors (Lipinski definition) is 3. The highest BCUT2D eigenvalue weighted by Gasteiger charge is 2.45. The second kappa shape index (κ2) is 6.37. The molecule has 7 heteroatoms. The molecule has 0 radical (unpaired) electrons. The van der Waals surface area contributed by atoms with Gasteiger partial charge in [0.05, 0.1) is 12.0 Å². The van der Waals surface area contributed by atoms with Gasteiger partial charge < -0.3 is 9.64 Å². The monoisotopic (exact) mass is 330 g/mol. The predicted molar refractivity (Wildman–Crippen MR) is 81.5 cm³/mol. The molecular formula is C16H21F3N2O2. The van der Waals surface area contributed by atoms with E-state index in [4.69, 9.17) is 4.74 Å². The topological polar surface area (TPSA) is 41.9 Å². The highest BCUT2D eigenvalue weighted by molar-refractivity contribution is 5.73. The Kier molecular flexibility index (Phi) is 4.87. The molecule has 2 rings (SSSR count). The maximum atomic E-state index is 13.1. The van der Waals surface area contributed by atoms with Gasteiger partial charge in [0.1, 0.15) is 5.60 Å². The first kappa shape index (κ1) is 17.6. The summed E-state index contributed by atoms with van der Waals surface area (Å²) >= 11 is 0. The van der Waals surface area contributed by atoms with E-state index in [1.165, 1.54) is 17.2 Å². The fourth-order valence-electron chi connectivity index (χ4n) is 2.57. The van der Waals surface area contributed by atoms with E-state index in [0.29, 0.717) is 18.5 Å². The minimum absolute atomic E-state index is 0.241. The number of amides is 1. The quantitative estimate of drug-likeness (QED) is 0.687. The number of hydrogen-bond donors (Lipinski definition) is 0. The third-order valence-electron chi connectivity index (χ3n) is 3.65. The van der Waals surface area contributed by atoms with Crippen molar-refractivity contribution in [1.29, 1.82) is 0 Å². The molecule has 0 aliphatic carbocycles. The predicted octanol–water partition coefficient (Wildman–Crippen LogP) is 3.74. The number of allylic oxidation sites excluding steroid dienone is 1. The third kappa shape index (κ3) is 4.59. The molecule has 128 valence electrons. The number of alkyl halides is 3. The molecule has 0 fully saturated rings. The summed E-state index contributed by atoms with van der Waals surface area (Å²) in [4.78, 5) is 17.5. The van der Waals surface area contributed by atoms with Crippen LogP contribution < -0.4 is 0 Å². The van der Waals surface area contributed by atoms with Crippen molar-refractivity contribution < 1.29 is 22.7 Å². The molecule has 0 saturated carbocycles. The number of rotatable bonds is 1. The van der Waals surface area contributed by atoms with Crippen molar-refractivity contribution in [2.45, 2.75) is 45.0 Å². The number of ether oxygens (including phenoxy) is 1. The Morgan fingerprint density at radius 2 is 2.04 bits per heavy atom. The van der Waals surface area contributed by atoms with Gasteiger partial charge in [0.25, 0.3) is 0 Å². The molecule has 0 saturated heterocycles. The molecule has 0 bridgehead atoms. The largest absolute Gasteiger partial charge is 0.444 e. The molecule has 4 nitrogen and oxygen atoms in total. The standard InChI is InChI=1S/C16H21F3N2O2/c1-15(2,3)23-14(22)21-9-6-11(7-10-21)13-12(16(17,18)19)5-4-8-20-13/h4-6,8,12-13H,7,9-10H2,1-3H3. The highest BCUT2D eigenvalue weighted by atomic mass is 19.4. The van der Waals surface area contributed by atoms with Crippen molar-refractivity contribution in [3.63, 3.8) is 0 Å². The zero-order valence-electron chi connectivity index (χ0n) is 13.4. The van der Waals surface area contributed by atoms with Crippen LogP contribution in [0.25, 0.3) is 0 Å². The van der Waals surface area contributed by atoms with E-state index in [-0.39, 0.29) is 6.54 Å². The Morgan fingerprint density at radius 3 is 2.57 bits per heavy atom. The van der Waals surface area contributed by atoms with Crippen molar-refractivity contribution in [3.8, 4) is 0 Å². The van der Waals surface area contributed by atoms with E-state index >= 15 is 0 Å². The lowest BCUT2D eigenvalue weighted by molar-refractivity contribution is -0.164. The first-order valence-electron chi connectivity index (χ1n) is 7.51. The minimum atomic E-state index is -4.33. The molecule has 1 amide bonds. The van der Waals surface area contributed by atoms with Gasteiger partial charge in [-0.05, 0) is 38.8 Å². The van der Waals surface area contributed by atoms with Crippen LogP contribution in [0.15, 0.2) is 28.8 Å². The van der Waals surface area contributed by atoms with Gasteiger partial charge in [0, 0.05) is 19.3 Å². The molecule has 0 spiro atoms. The lowest BCUT2D eigenvalue weighted by atomic mass is 9.87. The Morgan fingerprint density at radius 1 is 1.35 bits per heavy atom. The molecule has 0 aromatic heterocycles. The first-order chi connectivity index (χ1) is 10.6. The highest BCUT2D eigenvalue weighted by Crippen LogP contribution is 2.37. The molecular weight excluding hydrogens is 309 g/mol. The van der Waals surface area contributed by atoms with E-state index in [9.17, 15) is 18.0 Å². The fourth-order valence-corrected chi connectivity index (χ4v) is 2.57. The smallest absolute Gasteiger partial charge is 0.410 e. The summed E-state index contributed by atoms with van der Waals surface area (Å²) in [5.74, 6) is -1.60. The van der Waals surface area contributed by atoms with Crippen molar-refractivity contribution >= 4 is 12.3 Å². The van der Waals surface area contributed by atoms with Crippen LogP contribution in [0.5, 0.6) is 0 Å². The average Bonchev–Trinajstić information content (AvgIpc) is 2.45. The summed E-state index contributed by atoms with van der Waals surface area (Å²) in [6, 6.07) is -0.930. The van der Waals surface area contributed by atoms with Crippen LogP contribution >= 0.6 is 0 Å². The Hall–Kier alpha value is -1.79. The van der Waals surface area contributed by atoms with Crippen molar-refractivity contribution in [2.24, 2.45) is 10.9 Å². The number of aliphatic imine (C=N–C) groups is 1. The molecule has 2 aliphatic heterocycles. The van der Waals surface area contributed by atoms with Crippen molar-refractivity contribution in [3.05, 3.63) is 23.8 Å². The zero-order chi connectivity index (χ0) is 17.3. The van der Waals surface area contributed by atoms with Gasteiger partial charge in [-0.2, -0.15) is 13.2 Å². The molecule has 0 aromatic rings. The average molecular weight is 330 g/mol. The Balaban J connectivity index is 2.05. The molecule has 2 heterocycles. The molecule has 2 atom stereocenters. The summed E-state index contributed by atoms with van der Waals surface area (Å²) < 4.78 is 44.6. The van der Waals surface area contributed by atoms with Crippen LogP contribution in [0.2, 0.25) is 0 Å². The number of halogens is 3. The van der Waals surface area contributed by atoms with Crippen LogP contribution in [-0.2, 0) is 4.74 Å². The van der Waals surface area contributed by atoms with Crippen LogP contribution in [0.3, 0.4) is 0 Å². The number of nitrogens with zero attached hydrogens (tertiary/aromatic N) is 2. The van der Waals surface area contributed by atoms with E-state index in [1.807, 2.05) is 0 Å². The first-order valence-corrected chi connectivity index (χ1v) is 7.51. The van der Waals surface area contributed by atoms with Crippen LogP contribution in [0.1, 0.15) is 27.2 Å². The van der Waals surface area contributed by atoms with E-state index in [1.54, 1.807) is 26.8 Å². The van der Waals surface area contributed by atoms with Crippen LogP contribution in [0, 0.1) is 5.92 Å². The minimum Gasteiger partial charge on any atom is -0.444 e. The maximum Gasteiger partial charge on any atom is 0.410 e. The molecule has 0 N–H and O–H groups in total. The Bertz CT molecular complexity index is 545. The molecule has 2 aliphatic rings. The maximum absolute atomic E-state index is 13.1. The second-order valence-electron chi connectivity index (χ2n) is 6.65. The Labute approximate surface area is 133 Å². The van der Waals surface area contributed by atoms with Gasteiger partial charge in [0.15, 0.2) is 0 Å². The van der Waals surface area contributed by atoms with E-state index < -0.39 is 29.8 Å². The zero-order valence-corrected chi connectivity index (χ0v) is 13.4. The normalized spacial score (nSPS) is 25.3. The summed E-state index contributed by atoms with van der Waals surface area (Å²) in [5.41, 5.74) is 0.0220. The molecule has 23 heavy (non-hydrogen) atoms. The van der Waals surface area contributed by atoms with Crippen LogP contribution in [-0.4, -0.2) is 48.1 Å². The number of carbonyl (C=O) groups is 1. The van der Waals surface area contributed by atoms with E-state index in [2.05, 4.69) is 4.99 Å². The van der Waals surface area contributed by atoms with Gasteiger partial charge >= 0.3 is 12.3 Å². The molecule has 0 aromatic carbocycles. The molecule has 2 unspecified atom stereocenters. The number of dihydropyridines is 1. The summed E-state index contributed by atoms with van der Waals surface area (Å²) in [6.45, 7) is 5.89. The van der Waals surface area contributed by atoms with Gasteiger partial charge in [0.2, 0.25) is 0 Å². The summed E-state index contributed by atoms with van der Waals surface area (Å²) in [7, 11) is 0. The van der Waals surface area contributed by atoms with Crippen molar-refractivity contribution in [1.82, 2.24) is 4.90 Å². The van der Waals surface area contributed by atoms with Crippen molar-refractivity contribution in [2.75, 3.05) is 13.1 Å². The lowest BCUT2D eigenvalue weighted by Gasteiger charge is -2.33. The van der Waals surface area contributed by atoms with Crippen LogP contribution in [0.4, 0.5) is 18.0 Å². The SMILES string of the molecule is CC(C)(C)OC(=O)N1CC=C(C2N=CC=CC2C(F)(F)F)CC1. The van der Waals surface area contributed by atoms with E-state index in [0.717, 1.165) is 6.08 Å². The van der Waals surface area contributed by atoms with Gasteiger partial charge in [-0.3, -0.25) is 4.99 Å². The lowest BCUT2D eigenvalue weighted by Crippen LogP contribution is -2.41. The van der Waals surface area contributed by atoms with Gasteiger partial charge in [-0.1, -0.05) is 12.2 Å².